The van der Waals surface area contributed by atoms with Crippen LogP contribution >= 0.6 is 0 Å². The van der Waals surface area contributed by atoms with E-state index in [1.807, 2.05) is 28.3 Å². The lowest BCUT2D eigenvalue weighted by molar-refractivity contribution is 0.0937. The molecule has 2 aromatic heterocycles. The molecule has 0 spiro atoms. The normalized spacial score (nSPS) is 12.6. The van der Waals surface area contributed by atoms with E-state index in [2.05, 4.69) is 53.3 Å². The standard InChI is InChI=1S/C19H25N7O/c1-12(2)25-11-21-24-17(25)14(5)23-19(27)16-8-6-15(7-9-16)18-20-10-22-26(18)13(3)4/h6-14H,1-5H3,(H,23,27). The minimum atomic E-state index is -0.244. The van der Waals surface area contributed by atoms with Crippen LogP contribution in [0.15, 0.2) is 36.9 Å². The molecule has 0 saturated carbocycles. The van der Waals surface area contributed by atoms with Gasteiger partial charge in [0.05, 0.1) is 6.04 Å². The average Bonchev–Trinajstić information content (AvgIpc) is 3.31. The molecule has 1 unspecified atom stereocenters. The number of hydrogen-bond donors (Lipinski definition) is 1. The molecule has 0 aliphatic heterocycles. The molecule has 0 radical (unpaired) electrons. The molecule has 1 N–H and O–H groups in total. The van der Waals surface area contributed by atoms with E-state index in [1.54, 1.807) is 24.8 Å². The van der Waals surface area contributed by atoms with Crippen molar-refractivity contribution in [3.05, 3.63) is 48.3 Å². The number of rotatable bonds is 6. The predicted molar refractivity (Wildman–Crippen MR) is 102 cm³/mol. The predicted octanol–water partition coefficient (Wildman–Crippen LogP) is 3.19. The van der Waals surface area contributed by atoms with Crippen molar-refractivity contribution in [2.24, 2.45) is 0 Å². The summed E-state index contributed by atoms with van der Waals surface area (Å²) in [5, 5.41) is 15.3. The lowest BCUT2D eigenvalue weighted by Crippen LogP contribution is -2.29. The maximum absolute atomic E-state index is 12.6. The largest absolute Gasteiger partial charge is 0.342 e. The second-order valence-corrected chi connectivity index (χ2v) is 7.08. The van der Waals surface area contributed by atoms with Crippen LogP contribution in [0, 0.1) is 0 Å². The summed E-state index contributed by atoms with van der Waals surface area (Å²) in [4.78, 5) is 16.9. The Morgan fingerprint density at radius 2 is 1.74 bits per heavy atom. The lowest BCUT2D eigenvalue weighted by Gasteiger charge is -2.17. The van der Waals surface area contributed by atoms with Gasteiger partial charge >= 0.3 is 0 Å². The van der Waals surface area contributed by atoms with Crippen molar-refractivity contribution >= 4 is 5.91 Å². The summed E-state index contributed by atoms with van der Waals surface area (Å²) in [6.45, 7) is 10.1. The number of amides is 1. The Balaban J connectivity index is 1.74. The van der Waals surface area contributed by atoms with Crippen LogP contribution in [-0.4, -0.2) is 35.4 Å². The zero-order chi connectivity index (χ0) is 19.6. The Hall–Kier alpha value is -3.03. The molecule has 3 aromatic rings. The van der Waals surface area contributed by atoms with Gasteiger partial charge in [0, 0.05) is 23.2 Å². The van der Waals surface area contributed by atoms with Crippen LogP contribution in [0.2, 0.25) is 0 Å². The van der Waals surface area contributed by atoms with Gasteiger partial charge < -0.3 is 9.88 Å². The summed E-state index contributed by atoms with van der Waals surface area (Å²) in [5.41, 5.74) is 1.50. The van der Waals surface area contributed by atoms with Gasteiger partial charge in [-0.05, 0) is 46.8 Å². The van der Waals surface area contributed by atoms with Crippen molar-refractivity contribution < 1.29 is 4.79 Å². The maximum atomic E-state index is 12.6. The highest BCUT2D eigenvalue weighted by Crippen LogP contribution is 2.20. The number of carbonyl (C=O) groups excluding carboxylic acids is 1. The fraction of sp³-hybridized carbons (Fsp3) is 0.421. The highest BCUT2D eigenvalue weighted by atomic mass is 16.1. The van der Waals surface area contributed by atoms with Gasteiger partial charge in [-0.25, -0.2) is 9.67 Å². The number of hydrogen-bond acceptors (Lipinski definition) is 5. The monoisotopic (exact) mass is 367 g/mol. The van der Waals surface area contributed by atoms with Crippen molar-refractivity contribution in [2.45, 2.75) is 52.7 Å². The first-order chi connectivity index (χ1) is 12.9. The highest BCUT2D eigenvalue weighted by Gasteiger charge is 2.18. The summed E-state index contributed by atoms with van der Waals surface area (Å²) in [7, 11) is 0. The summed E-state index contributed by atoms with van der Waals surface area (Å²) in [6.07, 6.45) is 3.23. The molecule has 0 aliphatic rings. The van der Waals surface area contributed by atoms with Gasteiger partial charge in [0.2, 0.25) is 0 Å². The summed E-state index contributed by atoms with van der Waals surface area (Å²) >= 11 is 0. The molecule has 0 bridgehead atoms. The van der Waals surface area contributed by atoms with E-state index in [9.17, 15) is 4.79 Å². The number of carbonyl (C=O) groups is 1. The van der Waals surface area contributed by atoms with Gasteiger partial charge in [-0.2, -0.15) is 5.10 Å². The van der Waals surface area contributed by atoms with Gasteiger partial charge in [-0.1, -0.05) is 12.1 Å². The Kier molecular flexibility index (Phi) is 5.34. The average molecular weight is 367 g/mol. The van der Waals surface area contributed by atoms with Gasteiger partial charge in [-0.3, -0.25) is 4.79 Å². The van der Waals surface area contributed by atoms with Crippen molar-refractivity contribution in [3.63, 3.8) is 0 Å². The van der Waals surface area contributed by atoms with Gasteiger partial charge in [0.25, 0.3) is 5.91 Å². The zero-order valence-corrected chi connectivity index (χ0v) is 16.3. The second-order valence-electron chi connectivity index (χ2n) is 7.08. The molecule has 0 fully saturated rings. The SMILES string of the molecule is CC(NC(=O)c1ccc(-c2ncnn2C(C)C)cc1)c1nncn1C(C)C. The van der Waals surface area contributed by atoms with E-state index in [0.29, 0.717) is 5.56 Å². The van der Waals surface area contributed by atoms with Crippen LogP contribution < -0.4 is 5.32 Å². The van der Waals surface area contributed by atoms with Gasteiger partial charge in [-0.15, -0.1) is 10.2 Å². The topological polar surface area (TPSA) is 90.5 Å². The van der Waals surface area contributed by atoms with Crippen LogP contribution in [0.3, 0.4) is 0 Å². The molecular formula is C19H25N7O. The van der Waals surface area contributed by atoms with Gasteiger partial charge in [0.15, 0.2) is 11.6 Å². The van der Waals surface area contributed by atoms with E-state index in [-0.39, 0.29) is 24.0 Å². The Labute approximate surface area is 158 Å². The van der Waals surface area contributed by atoms with Crippen LogP contribution in [0.25, 0.3) is 11.4 Å². The fourth-order valence-electron chi connectivity index (χ4n) is 2.91. The fourth-order valence-corrected chi connectivity index (χ4v) is 2.91. The van der Waals surface area contributed by atoms with Crippen molar-refractivity contribution in [1.29, 1.82) is 0 Å². The van der Waals surface area contributed by atoms with Crippen molar-refractivity contribution in [1.82, 2.24) is 34.8 Å². The highest BCUT2D eigenvalue weighted by molar-refractivity contribution is 5.94. The molecule has 8 heteroatoms. The Morgan fingerprint density at radius 3 is 2.37 bits per heavy atom. The zero-order valence-electron chi connectivity index (χ0n) is 16.3. The van der Waals surface area contributed by atoms with Crippen LogP contribution in [0.5, 0.6) is 0 Å². The van der Waals surface area contributed by atoms with Crippen LogP contribution in [0.4, 0.5) is 0 Å². The summed E-state index contributed by atoms with van der Waals surface area (Å²) < 4.78 is 3.81. The molecule has 8 nitrogen and oxygen atoms in total. The first kappa shape index (κ1) is 18.8. The van der Waals surface area contributed by atoms with Gasteiger partial charge in [0.1, 0.15) is 12.7 Å². The molecule has 142 valence electrons. The van der Waals surface area contributed by atoms with Crippen molar-refractivity contribution in [3.8, 4) is 11.4 Å². The second kappa shape index (κ2) is 7.69. The van der Waals surface area contributed by atoms with Crippen molar-refractivity contribution in [2.75, 3.05) is 0 Å². The summed E-state index contributed by atoms with van der Waals surface area (Å²) in [5.74, 6) is 1.37. The molecule has 0 aliphatic carbocycles. The molecule has 27 heavy (non-hydrogen) atoms. The third-order valence-corrected chi connectivity index (χ3v) is 4.36. The molecule has 1 amide bonds. The number of nitrogens with zero attached hydrogens (tertiary/aromatic N) is 6. The molecule has 2 heterocycles. The molecular weight excluding hydrogens is 342 g/mol. The molecule has 1 atom stereocenters. The van der Waals surface area contributed by atoms with Crippen LogP contribution in [0.1, 0.15) is 68.9 Å². The minimum absolute atomic E-state index is 0.155. The Morgan fingerprint density at radius 1 is 1.04 bits per heavy atom. The number of nitrogens with one attached hydrogen (secondary N) is 1. The van der Waals surface area contributed by atoms with E-state index < -0.39 is 0 Å². The molecule has 0 saturated heterocycles. The Bertz CT molecular complexity index is 908. The lowest BCUT2D eigenvalue weighted by atomic mass is 10.1. The van der Waals surface area contributed by atoms with E-state index in [0.717, 1.165) is 17.2 Å². The maximum Gasteiger partial charge on any atom is 0.251 e. The molecule has 1 aromatic carbocycles. The molecule has 3 rings (SSSR count). The first-order valence-corrected chi connectivity index (χ1v) is 9.08. The smallest absolute Gasteiger partial charge is 0.251 e. The van der Waals surface area contributed by atoms with E-state index in [4.69, 9.17) is 0 Å². The number of benzene rings is 1. The van der Waals surface area contributed by atoms with E-state index >= 15 is 0 Å². The third-order valence-electron chi connectivity index (χ3n) is 4.36. The minimum Gasteiger partial charge on any atom is -0.342 e. The first-order valence-electron chi connectivity index (χ1n) is 9.08. The quantitative estimate of drug-likeness (QED) is 0.722. The van der Waals surface area contributed by atoms with E-state index in [1.165, 1.54) is 0 Å². The number of aromatic nitrogens is 6. The third kappa shape index (κ3) is 3.89. The van der Waals surface area contributed by atoms with Crippen LogP contribution in [-0.2, 0) is 0 Å². The summed E-state index contributed by atoms with van der Waals surface area (Å²) in [6, 6.07) is 7.56.